The molecule has 0 spiro atoms. The van der Waals surface area contributed by atoms with Gasteiger partial charge in [-0.25, -0.2) is 0 Å². The summed E-state index contributed by atoms with van der Waals surface area (Å²) in [6.07, 6.45) is 9.87. The topological polar surface area (TPSA) is 69.1 Å². The second kappa shape index (κ2) is 5.63. The maximum absolute atomic E-state index is 5.99. The van der Waals surface area contributed by atoms with Crippen molar-refractivity contribution in [1.29, 1.82) is 0 Å². The van der Waals surface area contributed by atoms with E-state index in [0.717, 1.165) is 12.4 Å². The molecule has 0 unspecified atom stereocenters. The lowest BCUT2D eigenvalue weighted by Gasteiger charge is -2.20. The molecule has 1 heterocycles. The number of aliphatic imine (C=N–C) groups is 1. The van der Waals surface area contributed by atoms with Gasteiger partial charge in [-0.3, -0.25) is 9.67 Å². The number of rotatable bonds is 4. The third-order valence-corrected chi connectivity index (χ3v) is 3.12. The molecule has 0 amide bonds. The molecule has 0 aliphatic heterocycles. The first-order valence-electron chi connectivity index (χ1n) is 6.00. The summed E-state index contributed by atoms with van der Waals surface area (Å²) < 4.78 is 1.78. The van der Waals surface area contributed by atoms with E-state index in [0.29, 0.717) is 12.5 Å². The zero-order valence-electron chi connectivity index (χ0n) is 9.55. The van der Waals surface area contributed by atoms with Crippen LogP contribution in [-0.4, -0.2) is 27.4 Å². The molecule has 0 atom stereocenters. The predicted octanol–water partition coefficient (Wildman–Crippen LogP) is 1.22. The highest BCUT2D eigenvalue weighted by molar-refractivity contribution is 5.82. The van der Waals surface area contributed by atoms with Gasteiger partial charge < -0.3 is 5.73 Å². The van der Waals surface area contributed by atoms with E-state index in [1.807, 2.05) is 6.20 Å². The molecule has 1 aliphatic rings. The van der Waals surface area contributed by atoms with Crippen molar-refractivity contribution < 1.29 is 0 Å². The standard InChI is InChI=1S/C11H19N5/c12-11(10-4-2-1-3-5-10)13-6-8-16-9-7-14-15-16/h7,9-10H,1-6,8H2,(H2,12,13). The zero-order chi connectivity index (χ0) is 11.2. The lowest BCUT2D eigenvalue weighted by molar-refractivity contribution is 0.436. The van der Waals surface area contributed by atoms with Crippen LogP contribution in [0.25, 0.3) is 0 Å². The minimum absolute atomic E-state index is 0.518. The molecule has 0 radical (unpaired) electrons. The molecule has 16 heavy (non-hydrogen) atoms. The van der Waals surface area contributed by atoms with E-state index in [9.17, 15) is 0 Å². The second-order valence-corrected chi connectivity index (χ2v) is 4.31. The van der Waals surface area contributed by atoms with Crippen LogP contribution < -0.4 is 5.73 Å². The van der Waals surface area contributed by atoms with Gasteiger partial charge in [-0.1, -0.05) is 24.5 Å². The molecule has 2 N–H and O–H groups in total. The van der Waals surface area contributed by atoms with Crippen LogP contribution in [0.15, 0.2) is 17.4 Å². The van der Waals surface area contributed by atoms with E-state index in [1.165, 1.54) is 32.1 Å². The number of hydrogen-bond acceptors (Lipinski definition) is 3. The molecule has 1 aliphatic carbocycles. The van der Waals surface area contributed by atoms with E-state index in [2.05, 4.69) is 15.3 Å². The van der Waals surface area contributed by atoms with Crippen molar-refractivity contribution >= 4 is 5.84 Å². The number of nitrogens with zero attached hydrogens (tertiary/aromatic N) is 4. The first kappa shape index (κ1) is 11.1. The molecule has 1 aromatic rings. The molecule has 2 rings (SSSR count). The average Bonchev–Trinajstić information content (AvgIpc) is 2.83. The van der Waals surface area contributed by atoms with Gasteiger partial charge in [0.25, 0.3) is 0 Å². The minimum atomic E-state index is 0.518. The molecule has 5 heteroatoms. The van der Waals surface area contributed by atoms with Gasteiger partial charge in [0.1, 0.15) is 0 Å². The minimum Gasteiger partial charge on any atom is -0.387 e. The van der Waals surface area contributed by atoms with Crippen LogP contribution in [0.4, 0.5) is 0 Å². The Morgan fingerprint density at radius 1 is 1.38 bits per heavy atom. The van der Waals surface area contributed by atoms with Gasteiger partial charge in [-0.2, -0.15) is 0 Å². The van der Waals surface area contributed by atoms with E-state index < -0.39 is 0 Å². The SMILES string of the molecule is NC(=NCCn1ccnn1)C1CCCCC1. The van der Waals surface area contributed by atoms with Gasteiger partial charge in [-0.15, -0.1) is 5.10 Å². The molecule has 5 nitrogen and oxygen atoms in total. The Morgan fingerprint density at radius 2 is 2.19 bits per heavy atom. The van der Waals surface area contributed by atoms with E-state index >= 15 is 0 Å². The number of nitrogens with two attached hydrogens (primary N) is 1. The Kier molecular flexibility index (Phi) is 3.91. The van der Waals surface area contributed by atoms with Crippen molar-refractivity contribution in [3.05, 3.63) is 12.4 Å². The van der Waals surface area contributed by atoms with Crippen LogP contribution in [0, 0.1) is 5.92 Å². The van der Waals surface area contributed by atoms with Crippen LogP contribution in [0.2, 0.25) is 0 Å². The number of amidine groups is 1. The van der Waals surface area contributed by atoms with Crippen LogP contribution in [0.1, 0.15) is 32.1 Å². The highest BCUT2D eigenvalue weighted by Gasteiger charge is 2.16. The lowest BCUT2D eigenvalue weighted by atomic mass is 9.88. The van der Waals surface area contributed by atoms with Gasteiger partial charge in [-0.05, 0) is 12.8 Å². The van der Waals surface area contributed by atoms with Crippen molar-refractivity contribution in [2.24, 2.45) is 16.6 Å². The van der Waals surface area contributed by atoms with Crippen molar-refractivity contribution in [1.82, 2.24) is 15.0 Å². The van der Waals surface area contributed by atoms with Crippen molar-refractivity contribution in [2.45, 2.75) is 38.6 Å². The molecular formula is C11H19N5. The third kappa shape index (κ3) is 3.05. The van der Waals surface area contributed by atoms with Crippen LogP contribution in [0.3, 0.4) is 0 Å². The van der Waals surface area contributed by atoms with Crippen molar-refractivity contribution in [2.75, 3.05) is 6.54 Å². The lowest BCUT2D eigenvalue weighted by Crippen LogP contribution is -2.26. The molecule has 1 aromatic heterocycles. The summed E-state index contributed by atoms with van der Waals surface area (Å²) in [7, 11) is 0. The van der Waals surface area contributed by atoms with Crippen molar-refractivity contribution in [3.63, 3.8) is 0 Å². The second-order valence-electron chi connectivity index (χ2n) is 4.31. The van der Waals surface area contributed by atoms with Crippen LogP contribution in [0.5, 0.6) is 0 Å². The summed E-state index contributed by atoms with van der Waals surface area (Å²) in [4.78, 5) is 4.43. The normalized spacial score (nSPS) is 18.9. The molecule has 0 aromatic carbocycles. The first-order chi connectivity index (χ1) is 7.86. The molecule has 1 saturated carbocycles. The van der Waals surface area contributed by atoms with Gasteiger partial charge in [0.2, 0.25) is 0 Å². The van der Waals surface area contributed by atoms with E-state index in [1.54, 1.807) is 10.9 Å². The molecule has 1 fully saturated rings. The summed E-state index contributed by atoms with van der Waals surface area (Å²) in [6.45, 7) is 1.46. The third-order valence-electron chi connectivity index (χ3n) is 3.12. The average molecular weight is 221 g/mol. The summed E-state index contributed by atoms with van der Waals surface area (Å²) in [6, 6.07) is 0. The van der Waals surface area contributed by atoms with Gasteiger partial charge in [0.15, 0.2) is 0 Å². The number of hydrogen-bond donors (Lipinski definition) is 1. The highest BCUT2D eigenvalue weighted by atomic mass is 15.4. The summed E-state index contributed by atoms with van der Waals surface area (Å²) in [5.41, 5.74) is 5.99. The highest BCUT2D eigenvalue weighted by Crippen LogP contribution is 2.23. The smallest absolute Gasteiger partial charge is 0.0969 e. The predicted molar refractivity (Wildman–Crippen MR) is 63.1 cm³/mol. The molecule has 0 saturated heterocycles. The molecule has 0 bridgehead atoms. The van der Waals surface area contributed by atoms with Crippen LogP contribution in [-0.2, 0) is 6.54 Å². The fourth-order valence-electron chi connectivity index (χ4n) is 2.16. The Labute approximate surface area is 95.7 Å². The molecular weight excluding hydrogens is 202 g/mol. The first-order valence-corrected chi connectivity index (χ1v) is 6.00. The van der Waals surface area contributed by atoms with Gasteiger partial charge >= 0.3 is 0 Å². The monoisotopic (exact) mass is 221 g/mol. The largest absolute Gasteiger partial charge is 0.387 e. The summed E-state index contributed by atoms with van der Waals surface area (Å²) in [5.74, 6) is 1.35. The number of aromatic nitrogens is 3. The Balaban J connectivity index is 1.77. The van der Waals surface area contributed by atoms with Gasteiger partial charge in [0, 0.05) is 12.1 Å². The Bertz CT molecular complexity index is 324. The van der Waals surface area contributed by atoms with Crippen molar-refractivity contribution in [3.8, 4) is 0 Å². The van der Waals surface area contributed by atoms with Gasteiger partial charge in [0.05, 0.1) is 25.1 Å². The maximum atomic E-state index is 5.99. The maximum Gasteiger partial charge on any atom is 0.0969 e. The summed E-state index contributed by atoms with van der Waals surface area (Å²) >= 11 is 0. The zero-order valence-corrected chi connectivity index (χ0v) is 9.55. The Morgan fingerprint density at radius 3 is 2.88 bits per heavy atom. The molecule has 88 valence electrons. The van der Waals surface area contributed by atoms with Crippen LogP contribution >= 0.6 is 0 Å². The van der Waals surface area contributed by atoms with E-state index in [4.69, 9.17) is 5.73 Å². The Hall–Kier alpha value is -1.39. The fraction of sp³-hybridized carbons (Fsp3) is 0.727. The summed E-state index contributed by atoms with van der Waals surface area (Å²) in [5, 5.41) is 7.63. The fourth-order valence-corrected chi connectivity index (χ4v) is 2.16. The van der Waals surface area contributed by atoms with E-state index in [-0.39, 0.29) is 0 Å². The quantitative estimate of drug-likeness (QED) is 0.614.